The van der Waals surface area contributed by atoms with Crippen molar-refractivity contribution in [3.8, 4) is 0 Å². The van der Waals surface area contributed by atoms with E-state index in [0.717, 1.165) is 22.0 Å². The van der Waals surface area contributed by atoms with E-state index in [1.54, 1.807) is 31.2 Å². The number of aromatic nitrogens is 1. The molecule has 0 aliphatic carbocycles. The van der Waals surface area contributed by atoms with Gasteiger partial charge in [0.2, 0.25) is 0 Å². The van der Waals surface area contributed by atoms with Crippen LogP contribution in [0.5, 0.6) is 0 Å². The molecular formula is C25H25N3O3S. The van der Waals surface area contributed by atoms with E-state index in [1.165, 1.54) is 6.07 Å². The second-order valence-electron chi connectivity index (χ2n) is 7.82. The van der Waals surface area contributed by atoms with Gasteiger partial charge in [0.15, 0.2) is 0 Å². The summed E-state index contributed by atoms with van der Waals surface area (Å²) in [6.45, 7) is 4.09. The fourth-order valence-corrected chi connectivity index (χ4v) is 4.94. The Morgan fingerprint density at radius 3 is 2.50 bits per heavy atom. The monoisotopic (exact) mass is 447 g/mol. The molecular weight excluding hydrogens is 422 g/mol. The van der Waals surface area contributed by atoms with Crippen LogP contribution in [0, 0.1) is 13.8 Å². The van der Waals surface area contributed by atoms with Gasteiger partial charge in [0.25, 0.3) is 15.9 Å². The minimum atomic E-state index is -3.83. The summed E-state index contributed by atoms with van der Waals surface area (Å²) >= 11 is 0. The van der Waals surface area contributed by atoms with Crippen LogP contribution in [-0.2, 0) is 16.4 Å². The normalized spacial score (nSPS) is 11.4. The Hall–Kier alpha value is -3.58. The fraction of sp³-hybridized carbons (Fsp3) is 0.160. The van der Waals surface area contributed by atoms with Crippen molar-refractivity contribution in [3.05, 3.63) is 95.2 Å². The Labute approximate surface area is 187 Å². The number of aryl methyl sites for hydroxylation is 2. The number of fused-ring (bicyclic) bond motifs is 1. The van der Waals surface area contributed by atoms with Crippen LogP contribution in [0.15, 0.2) is 77.8 Å². The minimum absolute atomic E-state index is 0.0855. The number of rotatable bonds is 7. The molecule has 7 heteroatoms. The van der Waals surface area contributed by atoms with Crippen molar-refractivity contribution in [1.82, 2.24) is 10.3 Å². The first-order chi connectivity index (χ1) is 15.3. The zero-order chi connectivity index (χ0) is 22.7. The molecule has 0 saturated carbocycles. The van der Waals surface area contributed by atoms with Crippen molar-refractivity contribution in [1.29, 1.82) is 0 Å². The molecule has 1 heterocycles. The van der Waals surface area contributed by atoms with E-state index in [0.29, 0.717) is 29.8 Å². The Morgan fingerprint density at radius 2 is 1.72 bits per heavy atom. The third-order valence-electron chi connectivity index (χ3n) is 5.40. The average molecular weight is 448 g/mol. The molecule has 4 aromatic rings. The van der Waals surface area contributed by atoms with Crippen LogP contribution in [0.2, 0.25) is 0 Å². The second-order valence-corrected chi connectivity index (χ2v) is 9.47. The largest absolute Gasteiger partial charge is 0.361 e. The van der Waals surface area contributed by atoms with Crippen LogP contribution in [-0.4, -0.2) is 25.9 Å². The van der Waals surface area contributed by atoms with Crippen molar-refractivity contribution in [3.63, 3.8) is 0 Å². The molecule has 32 heavy (non-hydrogen) atoms. The van der Waals surface area contributed by atoms with Gasteiger partial charge in [-0.2, -0.15) is 0 Å². The quantitative estimate of drug-likeness (QED) is 0.388. The van der Waals surface area contributed by atoms with Gasteiger partial charge in [0, 0.05) is 34.9 Å². The number of benzene rings is 3. The number of hydrogen-bond acceptors (Lipinski definition) is 3. The van der Waals surface area contributed by atoms with E-state index in [1.807, 2.05) is 49.5 Å². The number of H-pyrrole nitrogens is 1. The standard InChI is InChI=1S/C25H25N3O3S/c1-17-7-11-21(12-8-17)28-32(30,31)24-15-19(10-9-18(24)2)25(29)26-14-13-20-16-27-23-6-4-3-5-22(20)23/h3-12,15-16,27-28H,13-14H2,1-2H3,(H,26,29). The average Bonchev–Trinajstić information content (AvgIpc) is 3.18. The zero-order valence-electron chi connectivity index (χ0n) is 18.0. The van der Waals surface area contributed by atoms with Crippen molar-refractivity contribution in [2.24, 2.45) is 0 Å². The van der Waals surface area contributed by atoms with Gasteiger partial charge in [-0.1, -0.05) is 42.0 Å². The molecule has 0 saturated heterocycles. The van der Waals surface area contributed by atoms with E-state index in [9.17, 15) is 13.2 Å². The van der Waals surface area contributed by atoms with Crippen LogP contribution < -0.4 is 10.0 Å². The first-order valence-electron chi connectivity index (χ1n) is 10.4. The summed E-state index contributed by atoms with van der Waals surface area (Å²) in [5.41, 5.74) is 4.57. The van der Waals surface area contributed by atoms with Gasteiger partial charge in [-0.25, -0.2) is 8.42 Å². The van der Waals surface area contributed by atoms with Gasteiger partial charge >= 0.3 is 0 Å². The number of carbonyl (C=O) groups is 1. The molecule has 3 N–H and O–H groups in total. The highest BCUT2D eigenvalue weighted by molar-refractivity contribution is 7.92. The predicted molar refractivity (Wildman–Crippen MR) is 128 cm³/mol. The second kappa shape index (κ2) is 8.88. The summed E-state index contributed by atoms with van der Waals surface area (Å²) in [6, 6.07) is 19.8. The lowest BCUT2D eigenvalue weighted by Crippen LogP contribution is -2.26. The van der Waals surface area contributed by atoms with Crippen LogP contribution in [0.1, 0.15) is 27.0 Å². The number of hydrogen-bond donors (Lipinski definition) is 3. The van der Waals surface area contributed by atoms with Crippen molar-refractivity contribution in [2.45, 2.75) is 25.2 Å². The number of amides is 1. The molecule has 164 valence electrons. The maximum Gasteiger partial charge on any atom is 0.262 e. The maximum absolute atomic E-state index is 12.9. The van der Waals surface area contributed by atoms with Gasteiger partial charge in [0.05, 0.1) is 4.90 Å². The van der Waals surface area contributed by atoms with Crippen LogP contribution >= 0.6 is 0 Å². The summed E-state index contributed by atoms with van der Waals surface area (Å²) in [4.78, 5) is 16.0. The highest BCUT2D eigenvalue weighted by Gasteiger charge is 2.19. The number of para-hydroxylation sites is 1. The molecule has 0 fully saturated rings. The lowest BCUT2D eigenvalue weighted by molar-refractivity contribution is 0.0954. The molecule has 0 bridgehead atoms. The number of nitrogens with one attached hydrogen (secondary N) is 3. The van der Waals surface area contributed by atoms with Gasteiger partial charge in [-0.15, -0.1) is 0 Å². The Balaban J connectivity index is 1.46. The van der Waals surface area contributed by atoms with Crippen molar-refractivity contribution >= 4 is 32.5 Å². The highest BCUT2D eigenvalue weighted by atomic mass is 32.2. The predicted octanol–water partition coefficient (Wildman–Crippen LogP) is 4.56. The summed E-state index contributed by atoms with van der Waals surface area (Å²) < 4.78 is 28.4. The smallest absolute Gasteiger partial charge is 0.262 e. The fourth-order valence-electron chi connectivity index (χ4n) is 3.61. The van der Waals surface area contributed by atoms with Crippen LogP contribution in [0.25, 0.3) is 10.9 Å². The van der Waals surface area contributed by atoms with E-state index in [2.05, 4.69) is 15.0 Å². The Morgan fingerprint density at radius 1 is 0.969 bits per heavy atom. The van der Waals surface area contributed by atoms with E-state index in [4.69, 9.17) is 0 Å². The number of sulfonamides is 1. The molecule has 1 aromatic heterocycles. The minimum Gasteiger partial charge on any atom is -0.361 e. The third-order valence-corrected chi connectivity index (χ3v) is 6.92. The SMILES string of the molecule is Cc1ccc(NS(=O)(=O)c2cc(C(=O)NCCc3c[nH]c4ccccc34)ccc2C)cc1. The van der Waals surface area contributed by atoms with Gasteiger partial charge in [-0.05, 0) is 61.7 Å². The van der Waals surface area contributed by atoms with Gasteiger partial charge < -0.3 is 10.3 Å². The third kappa shape index (κ3) is 4.68. The zero-order valence-corrected chi connectivity index (χ0v) is 18.8. The number of aromatic amines is 1. The number of carbonyl (C=O) groups excluding carboxylic acids is 1. The van der Waals surface area contributed by atoms with E-state index in [-0.39, 0.29) is 10.8 Å². The lowest BCUT2D eigenvalue weighted by Gasteiger charge is -2.12. The Kier molecular flexibility index (Phi) is 6.01. The molecule has 3 aromatic carbocycles. The summed E-state index contributed by atoms with van der Waals surface area (Å²) in [5.74, 6) is -0.309. The molecule has 0 unspecified atom stereocenters. The first-order valence-corrected chi connectivity index (χ1v) is 11.9. The highest BCUT2D eigenvalue weighted by Crippen LogP contribution is 2.22. The lowest BCUT2D eigenvalue weighted by atomic mass is 10.1. The van der Waals surface area contributed by atoms with Gasteiger partial charge in [-0.3, -0.25) is 9.52 Å². The summed E-state index contributed by atoms with van der Waals surface area (Å²) in [5, 5.41) is 4.02. The van der Waals surface area contributed by atoms with Crippen molar-refractivity contribution < 1.29 is 13.2 Å². The molecule has 0 aliphatic rings. The Bertz CT molecular complexity index is 1370. The first kappa shape index (κ1) is 21.6. The van der Waals surface area contributed by atoms with Crippen LogP contribution in [0.4, 0.5) is 5.69 Å². The molecule has 0 spiro atoms. The topological polar surface area (TPSA) is 91.1 Å². The molecule has 0 aliphatic heterocycles. The number of anilines is 1. The molecule has 0 radical (unpaired) electrons. The van der Waals surface area contributed by atoms with E-state index >= 15 is 0 Å². The van der Waals surface area contributed by atoms with Crippen molar-refractivity contribution in [2.75, 3.05) is 11.3 Å². The summed E-state index contributed by atoms with van der Waals surface area (Å²) in [6.07, 6.45) is 2.62. The molecule has 4 rings (SSSR count). The van der Waals surface area contributed by atoms with E-state index < -0.39 is 10.0 Å². The molecule has 0 atom stereocenters. The molecule has 6 nitrogen and oxygen atoms in total. The maximum atomic E-state index is 12.9. The molecule has 1 amide bonds. The van der Waals surface area contributed by atoms with Crippen LogP contribution in [0.3, 0.4) is 0 Å². The summed E-state index contributed by atoms with van der Waals surface area (Å²) in [7, 11) is -3.83. The van der Waals surface area contributed by atoms with Gasteiger partial charge in [0.1, 0.15) is 0 Å².